The van der Waals surface area contributed by atoms with Gasteiger partial charge >= 0.3 is 0 Å². The van der Waals surface area contributed by atoms with Crippen LogP contribution in [0.25, 0.3) is 0 Å². The fourth-order valence-electron chi connectivity index (χ4n) is 4.69. The molecule has 0 aromatic carbocycles. The smallest absolute Gasteiger partial charge is 0.242 e. The van der Waals surface area contributed by atoms with Gasteiger partial charge in [0.2, 0.25) is 17.7 Å². The zero-order chi connectivity index (χ0) is 18.5. The molecule has 4 rings (SSSR count). The van der Waals surface area contributed by atoms with Gasteiger partial charge in [0.25, 0.3) is 0 Å². The van der Waals surface area contributed by atoms with Crippen molar-refractivity contribution < 1.29 is 23.9 Å². The van der Waals surface area contributed by atoms with Crippen molar-refractivity contribution in [2.75, 3.05) is 53.0 Å². The molecule has 0 aliphatic carbocycles. The molecule has 3 saturated heterocycles. The predicted octanol–water partition coefficient (Wildman–Crippen LogP) is -0.894. The first-order chi connectivity index (χ1) is 12.5. The van der Waals surface area contributed by atoms with Crippen molar-refractivity contribution >= 4 is 17.7 Å². The lowest BCUT2D eigenvalue weighted by Gasteiger charge is -2.36. The van der Waals surface area contributed by atoms with E-state index in [9.17, 15) is 14.4 Å². The normalized spacial score (nSPS) is 35.6. The lowest BCUT2D eigenvalue weighted by Crippen LogP contribution is -2.55. The van der Waals surface area contributed by atoms with E-state index in [1.54, 1.807) is 21.8 Å². The number of hydrogen-bond donors (Lipinski definition) is 0. The Bertz CT molecular complexity index is 665. The van der Waals surface area contributed by atoms with Crippen LogP contribution in [0, 0.1) is 11.8 Å². The number of rotatable bonds is 5. The highest BCUT2D eigenvalue weighted by Gasteiger charge is 2.67. The van der Waals surface area contributed by atoms with Crippen LogP contribution in [0.15, 0.2) is 12.2 Å². The van der Waals surface area contributed by atoms with Gasteiger partial charge in [0.1, 0.15) is 5.60 Å². The minimum Gasteiger partial charge on any atom is -0.383 e. The maximum atomic E-state index is 13.2. The second kappa shape index (κ2) is 6.35. The summed E-state index contributed by atoms with van der Waals surface area (Å²) in [4.78, 5) is 43.4. The molecule has 0 radical (unpaired) electrons. The van der Waals surface area contributed by atoms with Gasteiger partial charge in [-0.3, -0.25) is 14.4 Å². The highest BCUT2D eigenvalue weighted by molar-refractivity contribution is 5.94. The first kappa shape index (κ1) is 17.5. The van der Waals surface area contributed by atoms with Crippen LogP contribution in [0.4, 0.5) is 0 Å². The van der Waals surface area contributed by atoms with E-state index >= 15 is 0 Å². The first-order valence-corrected chi connectivity index (χ1v) is 9.22. The lowest BCUT2D eigenvalue weighted by atomic mass is 9.76. The van der Waals surface area contributed by atoms with Crippen LogP contribution < -0.4 is 0 Å². The first-order valence-electron chi connectivity index (χ1n) is 9.22. The van der Waals surface area contributed by atoms with E-state index in [-0.39, 0.29) is 30.4 Å². The molecule has 0 N–H and O–H groups in total. The van der Waals surface area contributed by atoms with E-state index in [0.29, 0.717) is 39.3 Å². The Balaban J connectivity index is 1.53. The summed E-state index contributed by atoms with van der Waals surface area (Å²) in [6.45, 7) is 5.11. The van der Waals surface area contributed by atoms with Crippen molar-refractivity contribution in [2.24, 2.45) is 11.8 Å². The number of carbonyl (C=O) groups excluding carboxylic acids is 3. The summed E-state index contributed by atoms with van der Waals surface area (Å²) >= 11 is 0. The zero-order valence-corrected chi connectivity index (χ0v) is 15.2. The number of hydrogen-bond acceptors (Lipinski definition) is 5. The molecule has 142 valence electrons. The van der Waals surface area contributed by atoms with E-state index < -0.39 is 17.4 Å². The van der Waals surface area contributed by atoms with Crippen LogP contribution in [0.2, 0.25) is 0 Å². The van der Waals surface area contributed by atoms with Gasteiger partial charge in [-0.15, -0.1) is 0 Å². The molecule has 26 heavy (non-hydrogen) atoms. The molecule has 3 fully saturated rings. The highest BCUT2D eigenvalue weighted by atomic mass is 16.5. The topological polar surface area (TPSA) is 79.4 Å². The molecule has 4 aliphatic heterocycles. The third-order valence-electron chi connectivity index (χ3n) is 6.04. The van der Waals surface area contributed by atoms with Crippen molar-refractivity contribution in [2.45, 2.75) is 18.6 Å². The maximum Gasteiger partial charge on any atom is 0.242 e. The number of methoxy groups -OCH3 is 1. The quantitative estimate of drug-likeness (QED) is 0.592. The number of carbonyl (C=O) groups is 3. The lowest BCUT2D eigenvalue weighted by molar-refractivity contribution is -0.150. The van der Waals surface area contributed by atoms with Crippen molar-refractivity contribution in [1.82, 2.24) is 14.7 Å². The number of piperazine rings is 1. The Morgan fingerprint density at radius 1 is 1.35 bits per heavy atom. The molecule has 4 aliphatic rings. The predicted molar refractivity (Wildman–Crippen MR) is 91.0 cm³/mol. The average Bonchev–Trinajstić information content (AvgIpc) is 3.27. The molecular weight excluding hydrogens is 338 g/mol. The molecule has 3 amide bonds. The van der Waals surface area contributed by atoms with Crippen LogP contribution >= 0.6 is 0 Å². The van der Waals surface area contributed by atoms with Gasteiger partial charge in [0.15, 0.2) is 0 Å². The zero-order valence-electron chi connectivity index (χ0n) is 15.2. The third kappa shape index (κ3) is 2.46. The van der Waals surface area contributed by atoms with Gasteiger partial charge in [0, 0.05) is 33.3 Å². The van der Waals surface area contributed by atoms with Crippen LogP contribution in [-0.2, 0) is 23.9 Å². The number of amides is 3. The largest absolute Gasteiger partial charge is 0.383 e. The third-order valence-corrected chi connectivity index (χ3v) is 6.04. The number of likely N-dealkylation sites (tertiary alicyclic amines) is 1. The van der Waals surface area contributed by atoms with Gasteiger partial charge < -0.3 is 24.2 Å². The van der Waals surface area contributed by atoms with Crippen molar-refractivity contribution in [1.29, 1.82) is 0 Å². The molecule has 8 nitrogen and oxygen atoms in total. The van der Waals surface area contributed by atoms with Crippen LogP contribution in [0.3, 0.4) is 0 Å². The van der Waals surface area contributed by atoms with Crippen LogP contribution in [0.1, 0.15) is 6.92 Å². The SMILES string of the molecule is CCN1CCN(C(=O)C2C3C(=O)N(CCOC)C[C@@]34C=C[C@@H]2O4)CC1=O. The van der Waals surface area contributed by atoms with Crippen LogP contribution in [0.5, 0.6) is 0 Å². The summed E-state index contributed by atoms with van der Waals surface area (Å²) in [6, 6.07) is 0. The fraction of sp³-hybridized carbons (Fsp3) is 0.722. The average molecular weight is 363 g/mol. The van der Waals surface area contributed by atoms with Gasteiger partial charge in [-0.1, -0.05) is 12.2 Å². The number of nitrogens with zero attached hydrogens (tertiary/aromatic N) is 3. The Morgan fingerprint density at radius 3 is 2.85 bits per heavy atom. The Hall–Kier alpha value is -1.93. The molecule has 2 unspecified atom stereocenters. The fourth-order valence-corrected chi connectivity index (χ4v) is 4.69. The number of fused-ring (bicyclic) bond motifs is 1. The van der Waals surface area contributed by atoms with Gasteiger partial charge in [-0.05, 0) is 6.92 Å². The Kier molecular flexibility index (Phi) is 4.27. The van der Waals surface area contributed by atoms with Gasteiger partial charge in [0.05, 0.1) is 37.6 Å². The van der Waals surface area contributed by atoms with E-state index in [1.807, 2.05) is 19.1 Å². The minimum atomic E-state index is -0.703. The Morgan fingerprint density at radius 2 is 2.15 bits per heavy atom. The summed E-state index contributed by atoms with van der Waals surface area (Å²) in [7, 11) is 1.60. The van der Waals surface area contributed by atoms with Crippen LogP contribution in [-0.4, -0.2) is 97.1 Å². The van der Waals surface area contributed by atoms with E-state index in [4.69, 9.17) is 9.47 Å². The summed E-state index contributed by atoms with van der Waals surface area (Å²) in [5.74, 6) is -1.27. The second-order valence-corrected chi connectivity index (χ2v) is 7.39. The second-order valence-electron chi connectivity index (χ2n) is 7.39. The van der Waals surface area contributed by atoms with Gasteiger partial charge in [-0.25, -0.2) is 0 Å². The summed E-state index contributed by atoms with van der Waals surface area (Å²) in [5, 5.41) is 0. The Labute approximate surface area is 152 Å². The summed E-state index contributed by atoms with van der Waals surface area (Å²) in [6.07, 6.45) is 3.47. The number of ether oxygens (including phenoxy) is 2. The van der Waals surface area contributed by atoms with Gasteiger partial charge in [-0.2, -0.15) is 0 Å². The molecule has 0 aromatic rings. The molecule has 4 heterocycles. The molecule has 0 saturated carbocycles. The van der Waals surface area contributed by atoms with E-state index in [2.05, 4.69) is 0 Å². The molecule has 4 atom stereocenters. The van der Waals surface area contributed by atoms with E-state index in [1.165, 1.54) is 0 Å². The summed E-state index contributed by atoms with van der Waals surface area (Å²) in [5.41, 5.74) is -0.703. The minimum absolute atomic E-state index is 0.0408. The van der Waals surface area contributed by atoms with E-state index in [0.717, 1.165) is 0 Å². The molecule has 1 spiro atoms. The summed E-state index contributed by atoms with van der Waals surface area (Å²) < 4.78 is 11.2. The highest BCUT2D eigenvalue weighted by Crippen LogP contribution is 2.52. The van der Waals surface area contributed by atoms with Crippen molar-refractivity contribution in [3.05, 3.63) is 12.2 Å². The standard InChI is InChI=1S/C18H25N3O5/c1-3-19-6-7-20(10-13(19)22)16(23)14-12-4-5-18(26-12)11-21(8-9-25-2)17(24)15(14)18/h4-5,12,14-15H,3,6-11H2,1-2H3/t12-,14?,15?,18-/m0/s1. The molecule has 0 aromatic heterocycles. The van der Waals surface area contributed by atoms with Crippen molar-refractivity contribution in [3.63, 3.8) is 0 Å². The van der Waals surface area contributed by atoms with Crippen molar-refractivity contribution in [3.8, 4) is 0 Å². The number of likely N-dealkylation sites (N-methyl/N-ethyl adjacent to an activating group) is 1. The monoisotopic (exact) mass is 363 g/mol. The molecule has 8 heteroatoms. The maximum absolute atomic E-state index is 13.2. The molecular formula is C18H25N3O5. The molecule has 2 bridgehead atoms.